The molecule has 1 aliphatic rings. The number of amides is 1. The van der Waals surface area contributed by atoms with Crippen molar-refractivity contribution in [3.63, 3.8) is 0 Å². The summed E-state index contributed by atoms with van der Waals surface area (Å²) in [6, 6.07) is 16.2. The first kappa shape index (κ1) is 23.1. The van der Waals surface area contributed by atoms with Gasteiger partial charge in [-0.3, -0.25) is 14.5 Å². The van der Waals surface area contributed by atoms with Crippen molar-refractivity contribution in [2.75, 3.05) is 12.0 Å². The van der Waals surface area contributed by atoms with Gasteiger partial charge in [0, 0.05) is 11.3 Å². The molecule has 0 spiro atoms. The van der Waals surface area contributed by atoms with Crippen molar-refractivity contribution in [3.8, 4) is 5.75 Å². The van der Waals surface area contributed by atoms with E-state index in [4.69, 9.17) is 4.74 Å². The van der Waals surface area contributed by atoms with Crippen LogP contribution >= 0.6 is 0 Å². The fraction of sp³-hybridized carbons (Fsp3) is 0.154. The molecular weight excluding hydrogens is 447 g/mol. The second kappa shape index (κ2) is 8.70. The van der Waals surface area contributed by atoms with E-state index in [-0.39, 0.29) is 16.8 Å². The molecule has 34 heavy (non-hydrogen) atoms. The van der Waals surface area contributed by atoms with Gasteiger partial charge in [-0.15, -0.1) is 0 Å². The van der Waals surface area contributed by atoms with Gasteiger partial charge in [-0.05, 0) is 60.5 Å². The first-order valence-electron chi connectivity index (χ1n) is 10.3. The lowest BCUT2D eigenvalue weighted by Crippen LogP contribution is -2.30. The summed E-state index contributed by atoms with van der Waals surface area (Å²) in [6.45, 7) is 1.76. The number of hydrogen-bond acceptors (Lipinski definition) is 4. The summed E-state index contributed by atoms with van der Waals surface area (Å²) in [6.07, 6.45) is -4.63. The van der Waals surface area contributed by atoms with Gasteiger partial charge in [-0.2, -0.15) is 13.2 Å². The average Bonchev–Trinajstić information content (AvgIpc) is 3.08. The molecule has 1 N–H and O–H groups in total. The van der Waals surface area contributed by atoms with Crippen molar-refractivity contribution in [3.05, 3.63) is 101 Å². The molecule has 0 saturated carbocycles. The maximum Gasteiger partial charge on any atom is 0.416 e. The van der Waals surface area contributed by atoms with Crippen LogP contribution in [0.5, 0.6) is 5.75 Å². The number of rotatable bonds is 4. The number of alkyl halides is 3. The third kappa shape index (κ3) is 4.03. The van der Waals surface area contributed by atoms with Crippen LogP contribution in [0.4, 0.5) is 18.9 Å². The smallest absolute Gasteiger partial charge is 0.416 e. The highest BCUT2D eigenvalue weighted by atomic mass is 19.4. The van der Waals surface area contributed by atoms with Gasteiger partial charge in [0.25, 0.3) is 11.7 Å². The minimum Gasteiger partial charge on any atom is -0.507 e. The van der Waals surface area contributed by atoms with Gasteiger partial charge >= 0.3 is 6.18 Å². The molecule has 4 rings (SSSR count). The Labute approximate surface area is 193 Å². The summed E-state index contributed by atoms with van der Waals surface area (Å²) in [5.41, 5.74) is 0.217. The Hall–Kier alpha value is -4.07. The molecule has 1 aliphatic heterocycles. The zero-order chi connectivity index (χ0) is 24.6. The van der Waals surface area contributed by atoms with Crippen molar-refractivity contribution in [1.29, 1.82) is 0 Å². The summed E-state index contributed by atoms with van der Waals surface area (Å²) in [5, 5.41) is 11.1. The molecule has 8 heteroatoms. The van der Waals surface area contributed by atoms with Crippen LogP contribution in [0.15, 0.2) is 78.4 Å². The molecule has 5 nitrogen and oxygen atoms in total. The summed E-state index contributed by atoms with van der Waals surface area (Å²) in [4.78, 5) is 27.3. The third-order valence-electron chi connectivity index (χ3n) is 5.74. The fourth-order valence-electron chi connectivity index (χ4n) is 4.02. The van der Waals surface area contributed by atoms with E-state index in [0.29, 0.717) is 16.9 Å². The normalized spacial score (nSPS) is 17.8. The number of halogens is 3. The molecule has 1 heterocycles. The molecular formula is C26H20F3NO4. The molecule has 1 atom stereocenters. The number of carbonyl (C=O) groups excluding carboxylic acids is 2. The average molecular weight is 467 g/mol. The second-order valence-electron chi connectivity index (χ2n) is 7.80. The van der Waals surface area contributed by atoms with Crippen molar-refractivity contribution < 1.29 is 32.6 Å². The molecule has 0 aliphatic carbocycles. The van der Waals surface area contributed by atoms with Gasteiger partial charge in [0.05, 0.1) is 24.3 Å². The predicted octanol–water partition coefficient (Wildman–Crippen LogP) is 5.65. The van der Waals surface area contributed by atoms with E-state index in [2.05, 4.69) is 0 Å². The van der Waals surface area contributed by atoms with Gasteiger partial charge < -0.3 is 9.84 Å². The van der Waals surface area contributed by atoms with Crippen LogP contribution in [0.3, 0.4) is 0 Å². The Balaban J connectivity index is 1.95. The summed E-state index contributed by atoms with van der Waals surface area (Å²) >= 11 is 0. The number of anilines is 1. The lowest BCUT2D eigenvalue weighted by atomic mass is 9.92. The Morgan fingerprint density at radius 1 is 0.971 bits per heavy atom. The minimum atomic E-state index is -4.63. The number of ketones is 1. The van der Waals surface area contributed by atoms with Crippen LogP contribution < -0.4 is 9.64 Å². The predicted molar refractivity (Wildman–Crippen MR) is 120 cm³/mol. The highest BCUT2D eigenvalue weighted by molar-refractivity contribution is 6.51. The molecule has 1 unspecified atom stereocenters. The van der Waals surface area contributed by atoms with Crippen LogP contribution in [-0.2, 0) is 15.8 Å². The highest BCUT2D eigenvalue weighted by Gasteiger charge is 2.47. The van der Waals surface area contributed by atoms with Crippen molar-refractivity contribution in [2.45, 2.75) is 19.1 Å². The quantitative estimate of drug-likeness (QED) is 0.306. The van der Waals surface area contributed by atoms with Crippen LogP contribution in [0.25, 0.3) is 5.76 Å². The lowest BCUT2D eigenvalue weighted by molar-refractivity contribution is -0.137. The lowest BCUT2D eigenvalue weighted by Gasteiger charge is -2.27. The first-order chi connectivity index (χ1) is 16.1. The Morgan fingerprint density at radius 3 is 2.26 bits per heavy atom. The highest BCUT2D eigenvalue weighted by Crippen LogP contribution is 2.44. The van der Waals surface area contributed by atoms with Crippen molar-refractivity contribution in [1.82, 2.24) is 0 Å². The number of nitrogens with zero attached hydrogens (tertiary/aromatic N) is 1. The zero-order valence-electron chi connectivity index (χ0n) is 18.3. The number of Topliss-reactive ketones (excluding diaryl/α,β-unsaturated/α-hetero) is 1. The van der Waals surface area contributed by atoms with E-state index in [1.165, 1.54) is 31.4 Å². The van der Waals surface area contributed by atoms with Gasteiger partial charge in [0.1, 0.15) is 11.5 Å². The van der Waals surface area contributed by atoms with Crippen molar-refractivity contribution in [2.24, 2.45) is 0 Å². The maximum atomic E-state index is 13.4. The molecule has 0 aromatic heterocycles. The molecule has 174 valence electrons. The van der Waals surface area contributed by atoms with E-state index in [0.717, 1.165) is 17.0 Å². The zero-order valence-corrected chi connectivity index (χ0v) is 18.3. The molecule has 3 aromatic carbocycles. The van der Waals surface area contributed by atoms with Gasteiger partial charge in [-0.25, -0.2) is 0 Å². The molecule has 0 bridgehead atoms. The van der Waals surface area contributed by atoms with E-state index >= 15 is 0 Å². The van der Waals surface area contributed by atoms with Crippen molar-refractivity contribution >= 4 is 23.1 Å². The Morgan fingerprint density at radius 2 is 1.65 bits per heavy atom. The number of methoxy groups -OCH3 is 1. The molecule has 1 amide bonds. The topological polar surface area (TPSA) is 66.8 Å². The largest absolute Gasteiger partial charge is 0.507 e. The number of ether oxygens (including phenoxy) is 1. The first-order valence-corrected chi connectivity index (χ1v) is 10.3. The van der Waals surface area contributed by atoms with E-state index in [9.17, 15) is 27.9 Å². The van der Waals surface area contributed by atoms with Crippen LogP contribution in [0, 0.1) is 6.92 Å². The maximum absolute atomic E-state index is 13.4. The standard InChI is InChI=1S/C26H20F3NO4/c1-15-6-3-4-9-20(15)22-21(23(31)16-10-12-19(34-2)13-11-16)24(32)25(33)30(22)18-8-5-7-17(14-18)26(27,28)29/h3-14,22,31H,1-2H3/b23-21+. The van der Waals surface area contributed by atoms with Gasteiger partial charge in [0.2, 0.25) is 0 Å². The van der Waals surface area contributed by atoms with Crippen LogP contribution in [0.1, 0.15) is 28.3 Å². The molecule has 0 radical (unpaired) electrons. The van der Waals surface area contributed by atoms with E-state index < -0.39 is 35.2 Å². The molecule has 3 aromatic rings. The number of aliphatic hydroxyl groups is 1. The third-order valence-corrected chi connectivity index (χ3v) is 5.74. The molecule has 1 saturated heterocycles. The summed E-state index contributed by atoms with van der Waals surface area (Å²) < 4.78 is 45.2. The molecule has 1 fully saturated rings. The van der Waals surface area contributed by atoms with Gasteiger partial charge in [-0.1, -0.05) is 30.3 Å². The van der Waals surface area contributed by atoms with Crippen LogP contribution in [-0.4, -0.2) is 23.9 Å². The number of benzene rings is 3. The monoisotopic (exact) mass is 467 g/mol. The second-order valence-corrected chi connectivity index (χ2v) is 7.80. The Kier molecular flexibility index (Phi) is 5.91. The van der Waals surface area contributed by atoms with Crippen LogP contribution in [0.2, 0.25) is 0 Å². The number of carbonyl (C=O) groups is 2. The summed E-state index contributed by atoms with van der Waals surface area (Å²) in [7, 11) is 1.48. The van der Waals surface area contributed by atoms with E-state index in [1.807, 2.05) is 0 Å². The minimum absolute atomic E-state index is 0.0982. The van der Waals surface area contributed by atoms with Gasteiger partial charge in [0.15, 0.2) is 0 Å². The number of aryl methyl sites for hydroxylation is 1. The SMILES string of the molecule is COc1ccc(/C(O)=C2\C(=O)C(=O)N(c3cccc(C(F)(F)F)c3)C2c2ccccc2C)cc1. The number of hydrogen-bond donors (Lipinski definition) is 1. The fourth-order valence-corrected chi connectivity index (χ4v) is 4.02. The Bertz CT molecular complexity index is 1300. The number of aliphatic hydroxyl groups excluding tert-OH is 1. The summed E-state index contributed by atoms with van der Waals surface area (Å²) in [5.74, 6) is -1.92. The van der Waals surface area contributed by atoms with E-state index in [1.54, 1.807) is 43.3 Å².